The van der Waals surface area contributed by atoms with Gasteiger partial charge in [-0.15, -0.1) is 0 Å². The Morgan fingerprint density at radius 2 is 2.05 bits per heavy atom. The van der Waals surface area contributed by atoms with E-state index < -0.39 is 37.6 Å². The maximum absolute atomic E-state index is 13.9. The van der Waals surface area contributed by atoms with Gasteiger partial charge in [0.1, 0.15) is 10.7 Å². The maximum Gasteiger partial charge on any atom is 0.243 e. The molecule has 0 saturated heterocycles. The fourth-order valence-corrected chi connectivity index (χ4v) is 3.84. The molecule has 1 rings (SSSR count). The van der Waals surface area contributed by atoms with Crippen LogP contribution in [0.1, 0.15) is 18.9 Å². The van der Waals surface area contributed by atoms with Gasteiger partial charge in [-0.25, -0.2) is 17.5 Å². The second-order valence-corrected chi connectivity index (χ2v) is 7.98. The number of halogens is 1. The van der Waals surface area contributed by atoms with Crippen molar-refractivity contribution in [2.75, 3.05) is 17.7 Å². The Balaban J connectivity index is 2.97. The molecule has 2 atom stereocenters. The number of anilines is 1. The SMILES string of the molecule is Cc1cc(N)cc(S(=O)(=O)NC(C)CCS(C)=O)c1F. The predicted molar refractivity (Wildman–Crippen MR) is 78.9 cm³/mol. The van der Waals surface area contributed by atoms with Gasteiger partial charge in [0.15, 0.2) is 0 Å². The number of nitrogens with one attached hydrogen (secondary N) is 1. The van der Waals surface area contributed by atoms with Crippen molar-refractivity contribution in [3.63, 3.8) is 0 Å². The van der Waals surface area contributed by atoms with Crippen LogP contribution in [0.25, 0.3) is 0 Å². The van der Waals surface area contributed by atoms with Gasteiger partial charge in [-0.2, -0.15) is 0 Å². The summed E-state index contributed by atoms with van der Waals surface area (Å²) in [6.45, 7) is 3.09. The van der Waals surface area contributed by atoms with Crippen LogP contribution in [-0.4, -0.2) is 30.7 Å². The third-order valence-corrected chi connectivity index (χ3v) is 5.13. The maximum atomic E-state index is 13.9. The largest absolute Gasteiger partial charge is 0.399 e. The van der Waals surface area contributed by atoms with Crippen LogP contribution in [0.5, 0.6) is 0 Å². The van der Waals surface area contributed by atoms with Crippen molar-refractivity contribution in [1.29, 1.82) is 0 Å². The number of benzene rings is 1. The number of aryl methyl sites for hydroxylation is 1. The number of hydrogen-bond donors (Lipinski definition) is 2. The summed E-state index contributed by atoms with van der Waals surface area (Å²) in [6, 6.07) is 2.03. The highest BCUT2D eigenvalue weighted by Gasteiger charge is 2.23. The van der Waals surface area contributed by atoms with E-state index in [1.54, 1.807) is 13.2 Å². The van der Waals surface area contributed by atoms with E-state index >= 15 is 0 Å². The third kappa shape index (κ3) is 4.53. The first-order valence-electron chi connectivity index (χ1n) is 6.01. The van der Waals surface area contributed by atoms with Crippen molar-refractivity contribution in [3.8, 4) is 0 Å². The van der Waals surface area contributed by atoms with Crippen LogP contribution >= 0.6 is 0 Å². The molecule has 0 amide bonds. The molecular formula is C12H19FN2O3S2. The second-order valence-electron chi connectivity index (χ2n) is 4.74. The molecular weight excluding hydrogens is 303 g/mol. The molecule has 0 spiro atoms. The summed E-state index contributed by atoms with van der Waals surface area (Å²) in [5.74, 6) is -0.430. The van der Waals surface area contributed by atoms with Crippen LogP contribution in [0.2, 0.25) is 0 Å². The van der Waals surface area contributed by atoms with Gasteiger partial charge < -0.3 is 5.73 Å². The van der Waals surface area contributed by atoms with Gasteiger partial charge in [-0.1, -0.05) is 0 Å². The van der Waals surface area contributed by atoms with Gasteiger partial charge >= 0.3 is 0 Å². The smallest absolute Gasteiger partial charge is 0.243 e. The van der Waals surface area contributed by atoms with Gasteiger partial charge in [-0.3, -0.25) is 4.21 Å². The zero-order valence-corrected chi connectivity index (χ0v) is 13.3. The monoisotopic (exact) mass is 322 g/mol. The lowest BCUT2D eigenvalue weighted by molar-refractivity contribution is 0.537. The number of hydrogen-bond acceptors (Lipinski definition) is 4. The van der Waals surface area contributed by atoms with Gasteiger partial charge in [-0.05, 0) is 38.0 Å². The molecule has 2 unspecified atom stereocenters. The predicted octanol–water partition coefficient (Wildman–Crippen LogP) is 1.15. The Labute approximate surface area is 121 Å². The van der Waals surface area contributed by atoms with Crippen molar-refractivity contribution >= 4 is 26.5 Å². The fourth-order valence-electron chi connectivity index (χ4n) is 1.69. The highest BCUT2D eigenvalue weighted by atomic mass is 32.2. The van der Waals surface area contributed by atoms with Crippen LogP contribution in [0.3, 0.4) is 0 Å². The molecule has 1 aromatic carbocycles. The van der Waals surface area contributed by atoms with Crippen molar-refractivity contribution in [2.45, 2.75) is 31.2 Å². The Bertz CT molecular complexity index is 617. The summed E-state index contributed by atoms with van der Waals surface area (Å²) < 4.78 is 51.5. The first-order valence-corrected chi connectivity index (χ1v) is 9.22. The van der Waals surface area contributed by atoms with Crippen molar-refractivity contribution < 1.29 is 17.0 Å². The van der Waals surface area contributed by atoms with E-state index in [1.807, 2.05) is 0 Å². The van der Waals surface area contributed by atoms with Gasteiger partial charge in [0.2, 0.25) is 10.0 Å². The molecule has 0 heterocycles. The molecule has 0 aliphatic rings. The van der Waals surface area contributed by atoms with Crippen LogP contribution in [-0.2, 0) is 20.8 Å². The molecule has 114 valence electrons. The number of sulfonamides is 1. The fraction of sp³-hybridized carbons (Fsp3) is 0.500. The molecule has 5 nitrogen and oxygen atoms in total. The summed E-state index contributed by atoms with van der Waals surface area (Å²) in [5, 5.41) is 0. The number of nitrogens with two attached hydrogens (primary N) is 1. The first-order chi connectivity index (χ1) is 9.13. The van der Waals surface area contributed by atoms with Crippen LogP contribution in [0.4, 0.5) is 10.1 Å². The van der Waals surface area contributed by atoms with Crippen molar-refractivity contribution in [1.82, 2.24) is 4.72 Å². The average molecular weight is 322 g/mol. The first kappa shape index (κ1) is 17.1. The lowest BCUT2D eigenvalue weighted by Crippen LogP contribution is -2.34. The molecule has 0 saturated carbocycles. The van der Waals surface area contributed by atoms with E-state index in [1.165, 1.54) is 13.0 Å². The van der Waals surface area contributed by atoms with E-state index in [4.69, 9.17) is 5.73 Å². The van der Waals surface area contributed by atoms with E-state index in [-0.39, 0.29) is 11.3 Å². The Hall–Kier alpha value is -0.990. The molecule has 0 radical (unpaired) electrons. The minimum Gasteiger partial charge on any atom is -0.399 e. The highest BCUT2D eigenvalue weighted by Crippen LogP contribution is 2.21. The lowest BCUT2D eigenvalue weighted by atomic mass is 10.2. The van der Waals surface area contributed by atoms with Crippen molar-refractivity contribution in [3.05, 3.63) is 23.5 Å². The molecule has 0 aromatic heterocycles. The molecule has 0 fully saturated rings. The molecule has 20 heavy (non-hydrogen) atoms. The van der Waals surface area contributed by atoms with Crippen LogP contribution in [0.15, 0.2) is 17.0 Å². The van der Waals surface area contributed by atoms with Crippen molar-refractivity contribution in [2.24, 2.45) is 0 Å². The highest BCUT2D eigenvalue weighted by molar-refractivity contribution is 7.89. The van der Waals surface area contributed by atoms with Crippen LogP contribution < -0.4 is 10.5 Å². The normalized spacial score (nSPS) is 15.0. The molecule has 0 aliphatic carbocycles. The Morgan fingerprint density at radius 1 is 1.45 bits per heavy atom. The van der Waals surface area contributed by atoms with E-state index in [9.17, 15) is 17.0 Å². The van der Waals surface area contributed by atoms with Crippen LogP contribution in [0, 0.1) is 12.7 Å². The minimum atomic E-state index is -3.99. The Morgan fingerprint density at radius 3 is 2.60 bits per heavy atom. The zero-order valence-electron chi connectivity index (χ0n) is 11.6. The molecule has 3 N–H and O–H groups in total. The topological polar surface area (TPSA) is 89.3 Å². The lowest BCUT2D eigenvalue weighted by Gasteiger charge is -2.15. The Kier molecular flexibility index (Phi) is 5.67. The number of nitrogen functional groups attached to an aromatic ring is 1. The molecule has 8 heteroatoms. The molecule has 0 aliphatic heterocycles. The van der Waals surface area contributed by atoms with Gasteiger partial charge in [0, 0.05) is 34.5 Å². The standard InChI is InChI=1S/C12H19FN2O3S2/c1-8-6-10(14)7-11(12(8)13)20(17,18)15-9(2)4-5-19(3)16/h6-7,9,15H,4-5,14H2,1-3H3. The number of rotatable bonds is 6. The second kappa shape index (κ2) is 6.64. The van der Waals surface area contributed by atoms with Gasteiger partial charge in [0.25, 0.3) is 0 Å². The molecule has 1 aromatic rings. The van der Waals surface area contributed by atoms with E-state index in [0.717, 1.165) is 6.07 Å². The summed E-state index contributed by atoms with van der Waals surface area (Å²) in [6.07, 6.45) is 1.95. The van der Waals surface area contributed by atoms with E-state index in [2.05, 4.69) is 4.72 Å². The summed E-state index contributed by atoms with van der Waals surface area (Å²) in [5.41, 5.74) is 5.92. The average Bonchev–Trinajstić information content (AvgIpc) is 2.30. The third-order valence-electron chi connectivity index (χ3n) is 2.73. The van der Waals surface area contributed by atoms with Gasteiger partial charge in [0.05, 0.1) is 0 Å². The zero-order chi connectivity index (χ0) is 15.5. The summed E-state index contributed by atoms with van der Waals surface area (Å²) in [4.78, 5) is -0.459. The van der Waals surface area contributed by atoms with E-state index in [0.29, 0.717) is 12.2 Å². The minimum absolute atomic E-state index is 0.174. The summed E-state index contributed by atoms with van der Waals surface area (Å²) >= 11 is 0. The summed E-state index contributed by atoms with van der Waals surface area (Å²) in [7, 11) is -4.99. The molecule has 0 bridgehead atoms. The quantitative estimate of drug-likeness (QED) is 0.769.